The van der Waals surface area contributed by atoms with Crippen LogP contribution in [0.5, 0.6) is 0 Å². The molecule has 29 heavy (non-hydrogen) atoms. The van der Waals surface area contributed by atoms with E-state index in [2.05, 4.69) is 27.3 Å². The number of rotatable bonds is 7. The average molecular weight is 436 g/mol. The molecule has 1 aromatic heterocycles. The summed E-state index contributed by atoms with van der Waals surface area (Å²) in [6.07, 6.45) is 7.69. The molecule has 0 aliphatic carbocycles. The summed E-state index contributed by atoms with van der Waals surface area (Å²) < 4.78 is 32.6. The van der Waals surface area contributed by atoms with Gasteiger partial charge in [-0.05, 0) is 85.2 Å². The van der Waals surface area contributed by atoms with Crippen LogP contribution in [-0.4, -0.2) is 31.8 Å². The highest BCUT2D eigenvalue weighted by molar-refractivity contribution is 7.85. The van der Waals surface area contributed by atoms with Crippen molar-refractivity contribution in [1.29, 1.82) is 0 Å². The molecule has 0 fully saturated rings. The van der Waals surface area contributed by atoms with E-state index >= 15 is 0 Å². The molecule has 3 heterocycles. The molecule has 0 unspecified atom stereocenters. The van der Waals surface area contributed by atoms with Crippen LogP contribution in [0.1, 0.15) is 41.7 Å². The normalized spacial score (nSPS) is 16.4. The van der Waals surface area contributed by atoms with Gasteiger partial charge in [-0.25, -0.2) is 4.57 Å². The van der Waals surface area contributed by atoms with Crippen molar-refractivity contribution in [1.82, 2.24) is 0 Å². The molecule has 0 bridgehead atoms. The van der Waals surface area contributed by atoms with Crippen LogP contribution >= 0.6 is 11.3 Å². The van der Waals surface area contributed by atoms with E-state index in [1.807, 2.05) is 17.7 Å². The highest BCUT2D eigenvalue weighted by Crippen LogP contribution is 2.38. The van der Waals surface area contributed by atoms with E-state index in [0.29, 0.717) is 19.4 Å². The minimum absolute atomic E-state index is 0.206. The number of hydrogen-bond donors (Lipinski definition) is 1. The van der Waals surface area contributed by atoms with Crippen molar-refractivity contribution in [3.63, 3.8) is 0 Å². The second kappa shape index (κ2) is 8.49. The summed E-state index contributed by atoms with van der Waals surface area (Å²) >= 11 is 1.57. The third kappa shape index (κ3) is 5.02. The van der Waals surface area contributed by atoms with Crippen LogP contribution in [0.2, 0.25) is 0 Å². The average Bonchev–Trinajstić information content (AvgIpc) is 3.03. The van der Waals surface area contributed by atoms with Crippen molar-refractivity contribution in [2.75, 3.05) is 23.7 Å². The van der Waals surface area contributed by atoms with E-state index in [1.54, 1.807) is 11.3 Å². The van der Waals surface area contributed by atoms with E-state index < -0.39 is 10.1 Å². The van der Waals surface area contributed by atoms with Gasteiger partial charge in [0.1, 0.15) is 11.9 Å². The Morgan fingerprint density at radius 1 is 1.14 bits per heavy atom. The summed E-state index contributed by atoms with van der Waals surface area (Å²) in [4.78, 5) is 3.65. The van der Waals surface area contributed by atoms with Gasteiger partial charge in [-0.15, -0.1) is 0 Å². The first kappa shape index (κ1) is 20.4. The van der Waals surface area contributed by atoms with Crippen molar-refractivity contribution in [3.05, 3.63) is 34.3 Å². The summed E-state index contributed by atoms with van der Waals surface area (Å²) in [5.41, 5.74) is 5.12. The Balaban J connectivity index is 1.50. The predicted molar refractivity (Wildman–Crippen MR) is 114 cm³/mol. The summed E-state index contributed by atoms with van der Waals surface area (Å²) in [5.74, 6) is -0.206. The Labute approximate surface area is 175 Å². The van der Waals surface area contributed by atoms with Gasteiger partial charge >= 0.3 is 5.13 Å². The monoisotopic (exact) mass is 435 g/mol. The summed E-state index contributed by atoms with van der Waals surface area (Å²) in [5, 5.41) is 9.86. The molecule has 0 atom stereocenters. The van der Waals surface area contributed by atoms with Gasteiger partial charge in [-0.2, -0.15) is 8.42 Å². The zero-order valence-corrected chi connectivity index (χ0v) is 18.3. The van der Waals surface area contributed by atoms with Crippen LogP contribution in [0, 0.1) is 6.92 Å². The largest absolute Gasteiger partial charge is 0.408 e. The molecule has 9 heteroatoms. The zero-order valence-electron chi connectivity index (χ0n) is 16.7. The lowest BCUT2D eigenvalue weighted by molar-refractivity contribution is -0.680. The number of azo groups is 1. The Kier molecular flexibility index (Phi) is 5.98. The Hall–Kier alpha value is -1.84. The molecular formula is C20H27N4O3S2+. The van der Waals surface area contributed by atoms with Crippen molar-refractivity contribution >= 4 is 38.0 Å². The third-order valence-electron chi connectivity index (χ3n) is 5.46. The molecule has 0 spiro atoms. The first-order valence-electron chi connectivity index (χ1n) is 10.2. The van der Waals surface area contributed by atoms with E-state index in [9.17, 15) is 8.42 Å². The Morgan fingerprint density at radius 3 is 2.48 bits per heavy atom. The highest BCUT2D eigenvalue weighted by Gasteiger charge is 2.24. The molecular weight excluding hydrogens is 408 g/mol. The second-order valence-electron chi connectivity index (χ2n) is 7.82. The van der Waals surface area contributed by atoms with E-state index in [0.717, 1.165) is 41.6 Å². The lowest BCUT2D eigenvalue weighted by Gasteiger charge is -2.36. The van der Waals surface area contributed by atoms with Gasteiger partial charge in [-0.3, -0.25) is 4.55 Å². The molecule has 2 aliphatic heterocycles. The van der Waals surface area contributed by atoms with Crippen LogP contribution in [-0.2, 0) is 29.5 Å². The molecule has 1 aromatic carbocycles. The summed E-state index contributed by atoms with van der Waals surface area (Å²) in [7, 11) is -3.90. The molecule has 7 nitrogen and oxygen atoms in total. The zero-order chi connectivity index (χ0) is 20.4. The van der Waals surface area contributed by atoms with Crippen LogP contribution in [0.3, 0.4) is 0 Å². The minimum atomic E-state index is -3.90. The number of unbranched alkanes of at least 4 members (excludes halogenated alkanes) is 1. The fourth-order valence-electron chi connectivity index (χ4n) is 4.25. The summed E-state index contributed by atoms with van der Waals surface area (Å²) in [6, 6.07) is 4.35. The molecule has 156 valence electrons. The first-order chi connectivity index (χ1) is 13.9. The van der Waals surface area contributed by atoms with Gasteiger partial charge in [0.2, 0.25) is 0 Å². The molecule has 0 saturated heterocycles. The lowest BCUT2D eigenvalue weighted by Crippen LogP contribution is -2.34. The number of aryl methyl sites for hydroxylation is 4. The van der Waals surface area contributed by atoms with Crippen molar-refractivity contribution in [2.24, 2.45) is 10.2 Å². The number of hydrogen-bond acceptors (Lipinski definition) is 6. The first-order valence-corrected chi connectivity index (χ1v) is 12.6. The molecule has 2 aliphatic rings. The maximum absolute atomic E-state index is 10.9. The minimum Gasteiger partial charge on any atom is -0.371 e. The molecule has 0 radical (unpaired) electrons. The fourth-order valence-corrected chi connectivity index (χ4v) is 5.63. The maximum atomic E-state index is 10.9. The lowest BCUT2D eigenvalue weighted by atomic mass is 9.91. The third-order valence-corrected chi connectivity index (χ3v) is 7.19. The number of thiazole rings is 1. The second-order valence-corrected chi connectivity index (χ2v) is 10.6. The fraction of sp³-hybridized carbons (Fsp3) is 0.550. The van der Waals surface area contributed by atoms with E-state index in [1.165, 1.54) is 29.7 Å². The maximum Gasteiger partial charge on any atom is 0.408 e. The van der Waals surface area contributed by atoms with Crippen LogP contribution in [0.15, 0.2) is 28.6 Å². The van der Waals surface area contributed by atoms with Crippen molar-refractivity contribution in [2.45, 2.75) is 52.0 Å². The highest BCUT2D eigenvalue weighted by atomic mass is 32.2. The molecule has 0 amide bonds. The van der Waals surface area contributed by atoms with Gasteiger partial charge in [0.15, 0.2) is 0 Å². The number of benzene rings is 1. The van der Waals surface area contributed by atoms with Gasteiger partial charge in [0.25, 0.3) is 10.1 Å². The van der Waals surface area contributed by atoms with Crippen molar-refractivity contribution < 1.29 is 17.5 Å². The molecule has 2 aromatic rings. The smallest absolute Gasteiger partial charge is 0.371 e. The summed E-state index contributed by atoms with van der Waals surface area (Å²) in [6.45, 7) is 4.99. The van der Waals surface area contributed by atoms with Crippen LogP contribution in [0.4, 0.5) is 16.5 Å². The molecule has 0 saturated carbocycles. The van der Waals surface area contributed by atoms with Gasteiger partial charge in [0.05, 0.1) is 17.4 Å². The quantitative estimate of drug-likeness (QED) is 0.307. The Morgan fingerprint density at radius 2 is 1.83 bits per heavy atom. The van der Waals surface area contributed by atoms with E-state index in [4.69, 9.17) is 4.55 Å². The molecule has 4 rings (SSSR count). The number of aromatic nitrogens is 1. The number of anilines is 1. The van der Waals surface area contributed by atoms with Gasteiger partial charge in [0, 0.05) is 23.7 Å². The SMILES string of the molecule is Cc1c[n+](CCCCS(=O)(=O)O)c(N=Nc2cc3c4c(c2)CCCN4CCC3)s1. The topological polar surface area (TPSA) is 86.2 Å². The van der Waals surface area contributed by atoms with Crippen LogP contribution in [0.25, 0.3) is 0 Å². The molecule has 1 N–H and O–H groups in total. The van der Waals surface area contributed by atoms with Gasteiger partial charge in [-0.1, -0.05) is 0 Å². The van der Waals surface area contributed by atoms with Crippen LogP contribution < -0.4 is 9.47 Å². The van der Waals surface area contributed by atoms with E-state index in [-0.39, 0.29) is 5.75 Å². The standard InChI is InChI=1S/C20H26N4O3S2/c1-15-14-24(8-2-3-11-29(25,26)27)20(28-15)22-21-18-12-16-6-4-9-23-10-5-7-17(13-18)19(16)23/h12-14H,2-11H2,1H3/p+1. The van der Waals surface area contributed by atoms with Gasteiger partial charge < -0.3 is 4.90 Å². The number of nitrogens with zero attached hydrogens (tertiary/aromatic N) is 4. The van der Waals surface area contributed by atoms with Crippen molar-refractivity contribution in [3.8, 4) is 0 Å². The predicted octanol–water partition coefficient (Wildman–Crippen LogP) is 4.13. The Bertz CT molecular complexity index is 999.